The monoisotopic (exact) mass is 211 g/mol. The average Bonchev–Trinajstić information content (AvgIpc) is 2.46. The topological polar surface area (TPSA) is 59.2 Å². The highest BCUT2D eigenvalue weighted by Gasteiger charge is 2.29. The lowest BCUT2D eigenvalue weighted by Gasteiger charge is -2.17. The van der Waals surface area contributed by atoms with Gasteiger partial charge >= 0.3 is 0 Å². The lowest BCUT2D eigenvalue weighted by molar-refractivity contribution is -0.117. The van der Waals surface area contributed by atoms with E-state index >= 15 is 0 Å². The van der Waals surface area contributed by atoms with Gasteiger partial charge in [-0.3, -0.25) is 9.78 Å². The second-order valence-electron chi connectivity index (χ2n) is 3.24. The lowest BCUT2D eigenvalue weighted by Crippen LogP contribution is -2.25. The summed E-state index contributed by atoms with van der Waals surface area (Å²) in [5.41, 5.74) is 6.92. The fourth-order valence-corrected chi connectivity index (χ4v) is 1.81. The molecule has 0 bridgehead atoms. The SMILES string of the molecule is Nc1cnccc1N1CC(Cl)CC1=O. The molecular weight excluding hydrogens is 202 g/mol. The van der Waals surface area contributed by atoms with Crippen molar-refractivity contribution in [2.75, 3.05) is 17.2 Å². The number of hydrogen-bond acceptors (Lipinski definition) is 3. The molecule has 14 heavy (non-hydrogen) atoms. The molecule has 74 valence electrons. The molecule has 4 nitrogen and oxygen atoms in total. The Balaban J connectivity index is 2.32. The Hall–Kier alpha value is -1.29. The quantitative estimate of drug-likeness (QED) is 0.706. The van der Waals surface area contributed by atoms with Crippen molar-refractivity contribution in [3.05, 3.63) is 18.5 Å². The van der Waals surface area contributed by atoms with Crippen LogP contribution in [0, 0.1) is 0 Å². The van der Waals surface area contributed by atoms with Crippen LogP contribution in [0.1, 0.15) is 6.42 Å². The molecule has 1 unspecified atom stereocenters. The Kier molecular flexibility index (Phi) is 2.29. The fraction of sp³-hybridized carbons (Fsp3) is 0.333. The second-order valence-corrected chi connectivity index (χ2v) is 3.86. The summed E-state index contributed by atoms with van der Waals surface area (Å²) in [6, 6.07) is 1.72. The third kappa shape index (κ3) is 1.53. The van der Waals surface area contributed by atoms with Gasteiger partial charge in [0.1, 0.15) is 0 Å². The zero-order valence-electron chi connectivity index (χ0n) is 7.48. The van der Waals surface area contributed by atoms with Crippen molar-refractivity contribution in [3.63, 3.8) is 0 Å². The van der Waals surface area contributed by atoms with Gasteiger partial charge in [0.2, 0.25) is 5.91 Å². The van der Waals surface area contributed by atoms with Gasteiger partial charge in [0, 0.05) is 19.2 Å². The van der Waals surface area contributed by atoms with E-state index in [0.717, 1.165) is 0 Å². The molecule has 1 aromatic heterocycles. The minimum Gasteiger partial charge on any atom is -0.396 e. The molecular formula is C9H10ClN3O. The Labute approximate surface area is 86.7 Å². The maximum absolute atomic E-state index is 11.5. The molecule has 1 aliphatic rings. The van der Waals surface area contributed by atoms with E-state index in [4.69, 9.17) is 17.3 Å². The third-order valence-corrected chi connectivity index (χ3v) is 2.49. The van der Waals surface area contributed by atoms with Crippen molar-refractivity contribution >= 4 is 28.9 Å². The number of nitrogen functional groups attached to an aromatic ring is 1. The zero-order valence-corrected chi connectivity index (χ0v) is 8.24. The van der Waals surface area contributed by atoms with E-state index in [1.54, 1.807) is 17.2 Å². The van der Waals surface area contributed by atoms with Gasteiger partial charge < -0.3 is 10.6 Å². The first-order chi connectivity index (χ1) is 6.68. The molecule has 0 radical (unpaired) electrons. The van der Waals surface area contributed by atoms with Crippen LogP contribution < -0.4 is 10.6 Å². The first-order valence-electron chi connectivity index (χ1n) is 4.32. The normalized spacial score (nSPS) is 21.6. The molecule has 5 heteroatoms. The molecule has 2 rings (SSSR count). The number of alkyl halides is 1. The lowest BCUT2D eigenvalue weighted by atomic mass is 10.3. The summed E-state index contributed by atoms with van der Waals surface area (Å²) in [6.45, 7) is 0.522. The van der Waals surface area contributed by atoms with Crippen LogP contribution in [-0.2, 0) is 4.79 Å². The number of hydrogen-bond donors (Lipinski definition) is 1. The first kappa shape index (κ1) is 9.27. The fourth-order valence-electron chi connectivity index (χ4n) is 1.54. The van der Waals surface area contributed by atoms with Crippen molar-refractivity contribution in [1.82, 2.24) is 4.98 Å². The molecule has 0 aliphatic carbocycles. The van der Waals surface area contributed by atoms with E-state index in [1.807, 2.05) is 0 Å². The van der Waals surface area contributed by atoms with Crippen LogP contribution in [0.25, 0.3) is 0 Å². The summed E-state index contributed by atoms with van der Waals surface area (Å²) in [4.78, 5) is 17.0. The largest absolute Gasteiger partial charge is 0.396 e. The highest BCUT2D eigenvalue weighted by Crippen LogP contribution is 2.27. The van der Waals surface area contributed by atoms with Crippen LogP contribution in [0.15, 0.2) is 18.5 Å². The highest BCUT2D eigenvalue weighted by molar-refractivity contribution is 6.24. The van der Waals surface area contributed by atoms with Gasteiger partial charge in [-0.15, -0.1) is 11.6 Å². The van der Waals surface area contributed by atoms with E-state index in [-0.39, 0.29) is 11.3 Å². The van der Waals surface area contributed by atoms with Gasteiger partial charge in [-0.25, -0.2) is 0 Å². The number of carbonyl (C=O) groups is 1. The van der Waals surface area contributed by atoms with Crippen molar-refractivity contribution in [3.8, 4) is 0 Å². The van der Waals surface area contributed by atoms with Crippen molar-refractivity contribution < 1.29 is 4.79 Å². The van der Waals surface area contributed by atoms with Crippen LogP contribution in [0.4, 0.5) is 11.4 Å². The smallest absolute Gasteiger partial charge is 0.228 e. The Morgan fingerprint density at radius 2 is 2.43 bits per heavy atom. The maximum Gasteiger partial charge on any atom is 0.228 e. The van der Waals surface area contributed by atoms with Gasteiger partial charge in [0.05, 0.1) is 22.9 Å². The summed E-state index contributed by atoms with van der Waals surface area (Å²) < 4.78 is 0. The molecule has 1 atom stereocenters. The van der Waals surface area contributed by atoms with Crippen LogP contribution in [-0.4, -0.2) is 22.8 Å². The summed E-state index contributed by atoms with van der Waals surface area (Å²) in [6.07, 6.45) is 3.52. The Bertz CT molecular complexity index is 369. The van der Waals surface area contributed by atoms with Gasteiger partial charge in [-0.2, -0.15) is 0 Å². The number of nitrogens with two attached hydrogens (primary N) is 1. The number of amides is 1. The second kappa shape index (κ2) is 3.46. The minimum absolute atomic E-state index is 0.0166. The van der Waals surface area contributed by atoms with E-state index in [9.17, 15) is 4.79 Å². The molecule has 1 fully saturated rings. The van der Waals surface area contributed by atoms with E-state index in [1.165, 1.54) is 6.20 Å². The van der Waals surface area contributed by atoms with Crippen molar-refractivity contribution in [1.29, 1.82) is 0 Å². The number of aromatic nitrogens is 1. The maximum atomic E-state index is 11.5. The molecule has 2 heterocycles. The molecule has 2 N–H and O–H groups in total. The van der Waals surface area contributed by atoms with Crippen LogP contribution in [0.2, 0.25) is 0 Å². The standard InChI is InChI=1S/C9H10ClN3O/c10-6-3-9(14)13(5-6)8-1-2-12-4-7(8)11/h1-2,4,6H,3,5,11H2. The number of carbonyl (C=O) groups excluding carboxylic acids is 1. The van der Waals surface area contributed by atoms with Crippen LogP contribution in [0.3, 0.4) is 0 Å². The summed E-state index contributed by atoms with van der Waals surface area (Å²) in [5, 5.41) is -0.116. The summed E-state index contributed by atoms with van der Waals surface area (Å²) >= 11 is 5.89. The summed E-state index contributed by atoms with van der Waals surface area (Å²) in [5.74, 6) is 0.0166. The van der Waals surface area contributed by atoms with Crippen LogP contribution in [0.5, 0.6) is 0 Å². The van der Waals surface area contributed by atoms with Crippen molar-refractivity contribution in [2.24, 2.45) is 0 Å². The van der Waals surface area contributed by atoms with Crippen LogP contribution >= 0.6 is 11.6 Å². The Morgan fingerprint density at radius 1 is 1.64 bits per heavy atom. The van der Waals surface area contributed by atoms with E-state index < -0.39 is 0 Å². The number of nitrogens with zero attached hydrogens (tertiary/aromatic N) is 2. The molecule has 1 saturated heterocycles. The van der Waals surface area contributed by atoms with E-state index in [2.05, 4.69) is 4.98 Å². The van der Waals surface area contributed by atoms with Gasteiger partial charge in [-0.1, -0.05) is 0 Å². The van der Waals surface area contributed by atoms with Gasteiger partial charge in [0.25, 0.3) is 0 Å². The molecule has 1 aromatic rings. The number of rotatable bonds is 1. The minimum atomic E-state index is -0.116. The number of anilines is 2. The van der Waals surface area contributed by atoms with E-state index in [0.29, 0.717) is 24.3 Å². The molecule has 0 spiro atoms. The average molecular weight is 212 g/mol. The first-order valence-corrected chi connectivity index (χ1v) is 4.76. The number of halogens is 1. The van der Waals surface area contributed by atoms with Gasteiger partial charge in [-0.05, 0) is 6.07 Å². The molecule has 1 amide bonds. The third-order valence-electron chi connectivity index (χ3n) is 2.20. The predicted molar refractivity (Wildman–Crippen MR) is 55.3 cm³/mol. The Morgan fingerprint density at radius 3 is 3.00 bits per heavy atom. The van der Waals surface area contributed by atoms with Gasteiger partial charge in [0.15, 0.2) is 0 Å². The predicted octanol–water partition coefficient (Wildman–Crippen LogP) is 1.01. The highest BCUT2D eigenvalue weighted by atomic mass is 35.5. The molecule has 0 aromatic carbocycles. The summed E-state index contributed by atoms with van der Waals surface area (Å²) in [7, 11) is 0. The molecule has 1 aliphatic heterocycles. The number of pyridine rings is 1. The van der Waals surface area contributed by atoms with Crippen molar-refractivity contribution in [2.45, 2.75) is 11.8 Å². The molecule has 0 saturated carbocycles. The zero-order chi connectivity index (χ0) is 10.1.